The Bertz CT molecular complexity index is 979. The molecule has 1 saturated carbocycles. The van der Waals surface area contributed by atoms with E-state index in [1.165, 1.54) is 12.1 Å². The molecule has 1 aromatic heterocycles. The van der Waals surface area contributed by atoms with E-state index in [2.05, 4.69) is 10.3 Å². The maximum absolute atomic E-state index is 13.6. The molecular weight excluding hydrogens is 466 g/mol. The number of nitrogens with zero attached hydrogens (tertiary/aromatic N) is 1. The van der Waals surface area contributed by atoms with Gasteiger partial charge in [0, 0.05) is 6.20 Å². The fourth-order valence-electron chi connectivity index (χ4n) is 3.61. The smallest absolute Gasteiger partial charge is 0.387 e. The minimum absolute atomic E-state index is 0.0142. The largest absolute Gasteiger partial charge is 0.417 e. The van der Waals surface area contributed by atoms with Crippen LogP contribution < -0.4 is 5.32 Å². The number of aliphatic hydroxyl groups is 1. The Morgan fingerprint density at radius 3 is 2.45 bits per heavy atom. The van der Waals surface area contributed by atoms with Gasteiger partial charge in [0.05, 0.1) is 27.3 Å². The fraction of sp³-hybridized carbons (Fsp3) is 0.400. The highest BCUT2D eigenvalue weighted by Crippen LogP contribution is 2.41. The van der Waals surface area contributed by atoms with E-state index in [1.807, 2.05) is 0 Å². The van der Waals surface area contributed by atoms with Gasteiger partial charge in [0.25, 0.3) is 5.91 Å². The van der Waals surface area contributed by atoms with Gasteiger partial charge in [-0.25, -0.2) is 13.8 Å². The van der Waals surface area contributed by atoms with Gasteiger partial charge < -0.3 is 10.4 Å². The summed E-state index contributed by atoms with van der Waals surface area (Å²) in [7, 11) is 0. The van der Waals surface area contributed by atoms with Crippen LogP contribution in [0.3, 0.4) is 0 Å². The van der Waals surface area contributed by atoms with Crippen LogP contribution in [-0.2, 0) is 6.18 Å². The maximum Gasteiger partial charge on any atom is 0.417 e. The lowest BCUT2D eigenvalue weighted by Gasteiger charge is -2.40. The quantitative estimate of drug-likeness (QED) is 0.552. The van der Waals surface area contributed by atoms with Crippen molar-refractivity contribution in [2.24, 2.45) is 0 Å². The molecule has 1 aromatic carbocycles. The summed E-state index contributed by atoms with van der Waals surface area (Å²) >= 11 is 11.6. The molecule has 1 unspecified atom stereocenters. The van der Waals surface area contributed by atoms with Crippen molar-refractivity contribution in [2.75, 3.05) is 0 Å². The molecule has 1 fully saturated rings. The van der Waals surface area contributed by atoms with E-state index in [9.17, 15) is 31.9 Å². The molecule has 11 heteroatoms. The average molecular weight is 483 g/mol. The SMILES string of the molecule is O=C(NC(c1ccc(F)c(Cl)c1)[C@]1(O)CC[C@H](F)CC1)c1nccc(C(F)(F)F)c1Cl. The zero-order valence-electron chi connectivity index (χ0n) is 15.8. The van der Waals surface area contributed by atoms with Crippen molar-refractivity contribution in [1.82, 2.24) is 10.3 Å². The molecule has 2 N–H and O–H groups in total. The summed E-state index contributed by atoms with van der Waals surface area (Å²) in [5.41, 5.74) is -3.39. The first-order chi connectivity index (χ1) is 14.4. The molecule has 1 atom stereocenters. The highest BCUT2D eigenvalue weighted by Gasteiger charge is 2.43. The van der Waals surface area contributed by atoms with E-state index >= 15 is 0 Å². The molecule has 2 aromatic rings. The maximum atomic E-state index is 13.6. The summed E-state index contributed by atoms with van der Waals surface area (Å²) in [6.45, 7) is 0. The number of aromatic nitrogens is 1. The van der Waals surface area contributed by atoms with E-state index < -0.39 is 52.0 Å². The second-order valence-electron chi connectivity index (χ2n) is 7.38. The standard InChI is InChI=1S/C20H17Cl2F5N2O2/c21-13-9-10(1-2-14(13)24)17(19(31)6-3-11(23)4-7-19)29-18(30)16-15(22)12(5-8-28-16)20(25,26)27/h1-2,5,8-9,11,17,31H,3-4,6-7H2,(H,29,30)/t11-,17?,19-. The molecular formula is C20H17Cl2F5N2O2. The van der Waals surface area contributed by atoms with Crippen LogP contribution in [0, 0.1) is 5.82 Å². The third kappa shape index (κ3) is 5.10. The van der Waals surface area contributed by atoms with Crippen molar-refractivity contribution in [3.63, 3.8) is 0 Å². The van der Waals surface area contributed by atoms with E-state index in [1.54, 1.807) is 0 Å². The predicted octanol–water partition coefficient (Wildman–Crippen LogP) is 5.66. The van der Waals surface area contributed by atoms with Gasteiger partial charge in [-0.3, -0.25) is 4.79 Å². The van der Waals surface area contributed by atoms with Gasteiger partial charge in [0.1, 0.15) is 17.7 Å². The van der Waals surface area contributed by atoms with E-state index in [0.29, 0.717) is 6.07 Å². The molecule has 1 aliphatic carbocycles. The van der Waals surface area contributed by atoms with Crippen LogP contribution in [-0.4, -0.2) is 27.8 Å². The van der Waals surface area contributed by atoms with Crippen LogP contribution in [0.25, 0.3) is 0 Å². The van der Waals surface area contributed by atoms with Gasteiger partial charge in [-0.1, -0.05) is 29.3 Å². The zero-order valence-corrected chi connectivity index (χ0v) is 17.3. The van der Waals surface area contributed by atoms with Crippen molar-refractivity contribution in [3.05, 3.63) is 63.1 Å². The molecule has 1 heterocycles. The topological polar surface area (TPSA) is 62.2 Å². The second kappa shape index (κ2) is 8.88. The first-order valence-corrected chi connectivity index (χ1v) is 10.0. The number of nitrogens with one attached hydrogen (secondary N) is 1. The molecule has 4 nitrogen and oxygen atoms in total. The van der Waals surface area contributed by atoms with Crippen LogP contribution in [0.1, 0.15) is 53.3 Å². The molecule has 0 radical (unpaired) electrons. The van der Waals surface area contributed by atoms with Crippen LogP contribution in [0.4, 0.5) is 22.0 Å². The molecule has 0 bridgehead atoms. The highest BCUT2D eigenvalue weighted by atomic mass is 35.5. The van der Waals surface area contributed by atoms with E-state index in [0.717, 1.165) is 12.3 Å². The van der Waals surface area contributed by atoms with E-state index in [4.69, 9.17) is 23.2 Å². The van der Waals surface area contributed by atoms with Gasteiger partial charge >= 0.3 is 6.18 Å². The third-order valence-corrected chi connectivity index (χ3v) is 5.95. The van der Waals surface area contributed by atoms with Gasteiger partial charge in [0.15, 0.2) is 0 Å². The molecule has 31 heavy (non-hydrogen) atoms. The molecule has 0 spiro atoms. The minimum atomic E-state index is -4.81. The average Bonchev–Trinajstić information content (AvgIpc) is 2.70. The van der Waals surface area contributed by atoms with Crippen molar-refractivity contribution in [2.45, 2.75) is 49.7 Å². The number of halogens is 7. The number of pyridine rings is 1. The fourth-order valence-corrected chi connectivity index (χ4v) is 4.11. The second-order valence-corrected chi connectivity index (χ2v) is 8.16. The summed E-state index contributed by atoms with van der Waals surface area (Å²) in [5, 5.41) is 12.4. The van der Waals surface area contributed by atoms with Gasteiger partial charge in [0.2, 0.25) is 0 Å². The third-order valence-electron chi connectivity index (χ3n) is 5.28. The molecule has 1 aliphatic rings. The number of carbonyl (C=O) groups excluding carboxylic acids is 1. The minimum Gasteiger partial charge on any atom is -0.387 e. The van der Waals surface area contributed by atoms with Crippen molar-refractivity contribution in [3.8, 4) is 0 Å². The number of hydrogen-bond acceptors (Lipinski definition) is 3. The number of hydrogen-bond donors (Lipinski definition) is 2. The first kappa shape index (κ1) is 23.7. The predicted molar refractivity (Wildman–Crippen MR) is 104 cm³/mol. The van der Waals surface area contributed by atoms with Crippen LogP contribution in [0.15, 0.2) is 30.5 Å². The molecule has 1 amide bonds. The number of carbonyl (C=O) groups is 1. The van der Waals surface area contributed by atoms with Gasteiger partial charge in [-0.15, -0.1) is 0 Å². The summed E-state index contributed by atoms with van der Waals surface area (Å²) < 4.78 is 66.6. The normalized spacial score (nSPS) is 22.8. The Morgan fingerprint density at radius 2 is 1.87 bits per heavy atom. The van der Waals surface area contributed by atoms with Crippen molar-refractivity contribution in [1.29, 1.82) is 0 Å². The zero-order chi connectivity index (χ0) is 23.0. The number of alkyl halides is 4. The van der Waals surface area contributed by atoms with Crippen molar-refractivity contribution < 1.29 is 31.9 Å². The van der Waals surface area contributed by atoms with Gasteiger partial charge in [-0.2, -0.15) is 13.2 Å². The molecule has 3 rings (SSSR count). The monoisotopic (exact) mass is 482 g/mol. The lowest BCUT2D eigenvalue weighted by Crippen LogP contribution is -2.48. The number of rotatable bonds is 4. The van der Waals surface area contributed by atoms with Gasteiger partial charge in [-0.05, 0) is 49.4 Å². The Hall–Kier alpha value is -1.97. The summed E-state index contributed by atoms with van der Waals surface area (Å²) in [4.78, 5) is 16.5. The highest BCUT2D eigenvalue weighted by molar-refractivity contribution is 6.34. The van der Waals surface area contributed by atoms with E-state index in [-0.39, 0.29) is 36.3 Å². The Labute approximate surface area is 184 Å². The summed E-state index contributed by atoms with van der Waals surface area (Å²) in [5.74, 6) is -1.82. The molecule has 0 saturated heterocycles. The Morgan fingerprint density at radius 1 is 1.23 bits per heavy atom. The van der Waals surface area contributed by atoms with Crippen LogP contribution in [0.5, 0.6) is 0 Å². The molecule has 168 valence electrons. The lowest BCUT2D eigenvalue weighted by molar-refractivity contribution is -0.137. The summed E-state index contributed by atoms with van der Waals surface area (Å²) in [6.07, 6.45) is -5.21. The van der Waals surface area contributed by atoms with Crippen molar-refractivity contribution >= 4 is 29.1 Å². The Kier molecular flexibility index (Phi) is 6.78. The first-order valence-electron chi connectivity index (χ1n) is 9.26. The van der Waals surface area contributed by atoms with Crippen LogP contribution >= 0.6 is 23.2 Å². The number of benzene rings is 1. The van der Waals surface area contributed by atoms with Crippen LogP contribution in [0.2, 0.25) is 10.0 Å². The number of amides is 1. The molecule has 0 aliphatic heterocycles. The summed E-state index contributed by atoms with van der Waals surface area (Å²) in [6, 6.07) is 2.89. The Balaban J connectivity index is 1.99. The lowest BCUT2D eigenvalue weighted by atomic mass is 9.76.